The lowest BCUT2D eigenvalue weighted by atomic mass is 9.98. The first-order valence-corrected chi connectivity index (χ1v) is 8.90. The lowest BCUT2D eigenvalue weighted by Gasteiger charge is -2.17. The summed E-state index contributed by atoms with van der Waals surface area (Å²) in [6.45, 7) is 1.89. The quantitative estimate of drug-likeness (QED) is 0.886. The maximum Gasteiger partial charge on any atom is 0.414 e. The van der Waals surface area contributed by atoms with E-state index in [4.69, 9.17) is 4.74 Å². The highest BCUT2D eigenvalue weighted by molar-refractivity contribution is 6.05. The first-order chi connectivity index (χ1) is 12.7. The van der Waals surface area contributed by atoms with E-state index in [0.717, 1.165) is 30.6 Å². The fourth-order valence-electron chi connectivity index (χ4n) is 3.54. The molecule has 0 saturated carbocycles. The third kappa shape index (κ3) is 3.28. The van der Waals surface area contributed by atoms with Gasteiger partial charge < -0.3 is 15.4 Å². The van der Waals surface area contributed by atoms with Gasteiger partial charge in [0, 0.05) is 23.0 Å². The maximum absolute atomic E-state index is 12.8. The highest BCUT2D eigenvalue weighted by Crippen LogP contribution is 2.27. The summed E-state index contributed by atoms with van der Waals surface area (Å²) >= 11 is 0. The summed E-state index contributed by atoms with van der Waals surface area (Å²) < 4.78 is 4.98. The van der Waals surface area contributed by atoms with Gasteiger partial charge in [-0.25, -0.2) is 4.79 Å². The van der Waals surface area contributed by atoms with Gasteiger partial charge in [0.15, 0.2) is 0 Å². The molecule has 2 amide bonds. The van der Waals surface area contributed by atoms with Gasteiger partial charge in [-0.05, 0) is 49.2 Å². The van der Waals surface area contributed by atoms with Crippen LogP contribution in [0.1, 0.15) is 34.8 Å². The van der Waals surface area contributed by atoms with Crippen LogP contribution >= 0.6 is 0 Å². The number of ether oxygens (including phenoxy) is 1. The molecular weight excluding hydrogens is 330 g/mol. The maximum atomic E-state index is 12.8. The largest absolute Gasteiger partial charge is 0.447 e. The monoisotopic (exact) mass is 351 g/mol. The van der Waals surface area contributed by atoms with Crippen molar-refractivity contribution in [1.29, 1.82) is 0 Å². The molecule has 6 nitrogen and oxygen atoms in total. The van der Waals surface area contributed by atoms with Gasteiger partial charge in [-0.2, -0.15) is 0 Å². The molecule has 2 aliphatic heterocycles. The van der Waals surface area contributed by atoms with E-state index in [1.54, 1.807) is 11.0 Å². The molecule has 6 heteroatoms. The van der Waals surface area contributed by atoms with E-state index in [1.165, 1.54) is 0 Å². The number of hydrogen-bond donors (Lipinski definition) is 2. The minimum absolute atomic E-state index is 0.143. The van der Waals surface area contributed by atoms with Gasteiger partial charge in [-0.1, -0.05) is 24.3 Å². The summed E-state index contributed by atoms with van der Waals surface area (Å²) in [4.78, 5) is 26.1. The molecule has 1 unspecified atom stereocenters. The molecule has 2 aromatic carbocycles. The molecular formula is C20H21N3O3. The molecule has 2 heterocycles. The third-order valence-corrected chi connectivity index (χ3v) is 4.82. The van der Waals surface area contributed by atoms with Gasteiger partial charge in [-0.3, -0.25) is 9.69 Å². The van der Waals surface area contributed by atoms with Crippen molar-refractivity contribution in [1.82, 2.24) is 5.32 Å². The number of cyclic esters (lactones) is 1. The first-order valence-electron chi connectivity index (χ1n) is 8.90. The smallest absolute Gasteiger partial charge is 0.414 e. The van der Waals surface area contributed by atoms with Crippen LogP contribution in [0.2, 0.25) is 0 Å². The Morgan fingerprint density at radius 2 is 2.08 bits per heavy atom. The van der Waals surface area contributed by atoms with Gasteiger partial charge in [0.1, 0.15) is 6.61 Å². The van der Waals surface area contributed by atoms with E-state index >= 15 is 0 Å². The molecule has 2 saturated heterocycles. The molecule has 4 rings (SSSR count). The number of carbonyl (C=O) groups is 2. The Hall–Kier alpha value is -2.86. The minimum Gasteiger partial charge on any atom is -0.447 e. The average molecular weight is 351 g/mol. The van der Waals surface area contributed by atoms with E-state index in [-0.39, 0.29) is 18.0 Å². The average Bonchev–Trinajstić information content (AvgIpc) is 3.33. The van der Waals surface area contributed by atoms with Crippen LogP contribution in [0.4, 0.5) is 16.2 Å². The molecule has 0 aliphatic carbocycles. The summed E-state index contributed by atoms with van der Waals surface area (Å²) in [6, 6.07) is 15.2. The summed E-state index contributed by atoms with van der Waals surface area (Å²) in [5.74, 6) is -0.143. The Balaban J connectivity index is 1.55. The molecule has 134 valence electrons. The molecule has 0 bridgehead atoms. The SMILES string of the molecule is O=C(Nc1cccc(N2CCOC2=O)c1)c1ccccc1C1CCCN1. The molecule has 2 N–H and O–H groups in total. The van der Waals surface area contributed by atoms with E-state index in [0.29, 0.717) is 24.4 Å². The fraction of sp³-hybridized carbons (Fsp3) is 0.300. The second-order valence-electron chi connectivity index (χ2n) is 6.51. The molecule has 2 aliphatic rings. The molecule has 0 spiro atoms. The Morgan fingerprint density at radius 3 is 2.85 bits per heavy atom. The van der Waals surface area contributed by atoms with Crippen LogP contribution in [0, 0.1) is 0 Å². The molecule has 2 fully saturated rings. The summed E-state index contributed by atoms with van der Waals surface area (Å²) in [7, 11) is 0. The number of benzene rings is 2. The Labute approximate surface area is 152 Å². The number of hydrogen-bond acceptors (Lipinski definition) is 4. The predicted octanol–water partition coefficient (Wildman–Crippen LogP) is 3.32. The predicted molar refractivity (Wildman–Crippen MR) is 99.5 cm³/mol. The normalized spacial score (nSPS) is 19.5. The molecule has 26 heavy (non-hydrogen) atoms. The van der Waals surface area contributed by atoms with Crippen molar-refractivity contribution in [3.63, 3.8) is 0 Å². The lowest BCUT2D eigenvalue weighted by Crippen LogP contribution is -2.23. The molecule has 0 radical (unpaired) electrons. The number of anilines is 2. The van der Waals surface area contributed by atoms with Crippen LogP contribution < -0.4 is 15.5 Å². The van der Waals surface area contributed by atoms with Crippen molar-refractivity contribution in [2.24, 2.45) is 0 Å². The van der Waals surface area contributed by atoms with Crippen molar-refractivity contribution in [2.45, 2.75) is 18.9 Å². The van der Waals surface area contributed by atoms with Crippen molar-refractivity contribution < 1.29 is 14.3 Å². The van der Waals surface area contributed by atoms with Crippen molar-refractivity contribution in [3.05, 3.63) is 59.7 Å². The molecule has 0 aromatic heterocycles. The first kappa shape index (κ1) is 16.6. The van der Waals surface area contributed by atoms with Crippen LogP contribution in [0.3, 0.4) is 0 Å². The Bertz CT molecular complexity index is 831. The number of nitrogens with zero attached hydrogens (tertiary/aromatic N) is 1. The summed E-state index contributed by atoms with van der Waals surface area (Å²) in [6.07, 6.45) is 1.80. The van der Waals surface area contributed by atoms with Crippen molar-refractivity contribution in [2.75, 3.05) is 29.9 Å². The van der Waals surface area contributed by atoms with E-state index in [1.807, 2.05) is 42.5 Å². The zero-order chi connectivity index (χ0) is 17.9. The third-order valence-electron chi connectivity index (χ3n) is 4.82. The van der Waals surface area contributed by atoms with Crippen LogP contribution in [-0.2, 0) is 4.74 Å². The number of rotatable bonds is 4. The van der Waals surface area contributed by atoms with Crippen molar-refractivity contribution >= 4 is 23.4 Å². The van der Waals surface area contributed by atoms with Crippen molar-refractivity contribution in [3.8, 4) is 0 Å². The van der Waals surface area contributed by atoms with Gasteiger partial charge in [0.05, 0.1) is 6.54 Å². The summed E-state index contributed by atoms with van der Waals surface area (Å²) in [5, 5.41) is 6.40. The fourth-order valence-corrected chi connectivity index (χ4v) is 3.54. The van der Waals surface area contributed by atoms with Crippen LogP contribution in [-0.4, -0.2) is 31.7 Å². The standard InChI is InChI=1S/C20H21N3O3/c24-19(17-8-2-1-7-16(17)18-9-4-10-21-18)22-14-5-3-6-15(13-14)23-11-12-26-20(23)25/h1-3,5-8,13,18,21H,4,9-12H2,(H,22,24). The van der Waals surface area contributed by atoms with E-state index in [2.05, 4.69) is 10.6 Å². The van der Waals surface area contributed by atoms with Gasteiger partial charge in [0.2, 0.25) is 0 Å². The van der Waals surface area contributed by atoms with Crippen LogP contribution in [0.15, 0.2) is 48.5 Å². The molecule has 1 atom stereocenters. The second kappa shape index (κ2) is 7.17. The van der Waals surface area contributed by atoms with Crippen LogP contribution in [0.5, 0.6) is 0 Å². The van der Waals surface area contributed by atoms with Gasteiger partial charge in [-0.15, -0.1) is 0 Å². The van der Waals surface area contributed by atoms with Gasteiger partial charge >= 0.3 is 6.09 Å². The zero-order valence-corrected chi connectivity index (χ0v) is 14.4. The number of nitrogens with one attached hydrogen (secondary N) is 2. The van der Waals surface area contributed by atoms with Crippen LogP contribution in [0.25, 0.3) is 0 Å². The number of carbonyl (C=O) groups excluding carboxylic acids is 2. The highest BCUT2D eigenvalue weighted by Gasteiger charge is 2.24. The minimum atomic E-state index is -0.355. The second-order valence-corrected chi connectivity index (χ2v) is 6.51. The zero-order valence-electron chi connectivity index (χ0n) is 14.4. The lowest BCUT2D eigenvalue weighted by molar-refractivity contribution is 0.102. The van der Waals surface area contributed by atoms with E-state index in [9.17, 15) is 9.59 Å². The summed E-state index contributed by atoms with van der Waals surface area (Å²) in [5.41, 5.74) is 3.08. The van der Waals surface area contributed by atoms with E-state index < -0.39 is 0 Å². The molecule has 2 aromatic rings. The Morgan fingerprint density at radius 1 is 1.19 bits per heavy atom. The Kier molecular flexibility index (Phi) is 4.58. The number of amides is 2. The topological polar surface area (TPSA) is 70.7 Å². The highest BCUT2D eigenvalue weighted by atomic mass is 16.6. The van der Waals surface area contributed by atoms with Gasteiger partial charge in [0.25, 0.3) is 5.91 Å².